The number of halogens is 1. The first-order valence-electron chi connectivity index (χ1n) is 8.50. The Morgan fingerprint density at radius 1 is 1.21 bits per heavy atom. The van der Waals surface area contributed by atoms with Gasteiger partial charge in [0.05, 0.1) is 24.0 Å². The maximum absolute atomic E-state index is 12.7. The average Bonchev–Trinajstić information content (AvgIpc) is 3.30. The summed E-state index contributed by atoms with van der Waals surface area (Å²) in [5.41, 5.74) is 0. The van der Waals surface area contributed by atoms with Gasteiger partial charge in [0.15, 0.2) is 0 Å². The molecule has 4 rings (SSSR count). The minimum atomic E-state index is -0.731. The van der Waals surface area contributed by atoms with Gasteiger partial charge in [0.2, 0.25) is 17.7 Å². The monoisotopic (exact) mass is 357 g/mol. The molecule has 6 atom stereocenters. The van der Waals surface area contributed by atoms with E-state index in [1.54, 1.807) is 18.9 Å². The van der Waals surface area contributed by atoms with Crippen LogP contribution in [0, 0.1) is 11.8 Å². The summed E-state index contributed by atoms with van der Waals surface area (Å²) >= 11 is 0. The van der Waals surface area contributed by atoms with Gasteiger partial charge in [0.1, 0.15) is 6.04 Å². The lowest BCUT2D eigenvalue weighted by atomic mass is 9.81. The molecule has 0 saturated carbocycles. The zero-order valence-corrected chi connectivity index (χ0v) is 14.8. The molecule has 8 heteroatoms. The van der Waals surface area contributed by atoms with Gasteiger partial charge in [-0.2, -0.15) is 0 Å². The second-order valence-corrected chi connectivity index (χ2v) is 7.16. The number of rotatable bonds is 3. The number of nitrogens with one attached hydrogen (secondary N) is 1. The van der Waals surface area contributed by atoms with Gasteiger partial charge in [-0.05, 0) is 32.7 Å². The number of ether oxygens (including phenoxy) is 1. The number of fused-ring (bicyclic) bond motifs is 5. The number of carbonyl (C=O) groups is 3. The van der Waals surface area contributed by atoms with Crippen molar-refractivity contribution in [3.05, 3.63) is 0 Å². The van der Waals surface area contributed by atoms with Gasteiger partial charge in [0.25, 0.3) is 0 Å². The zero-order valence-electron chi connectivity index (χ0n) is 13.9. The highest BCUT2D eigenvalue weighted by atomic mass is 35.5. The molecule has 2 bridgehead atoms. The summed E-state index contributed by atoms with van der Waals surface area (Å²) in [5.74, 6) is -1.32. The van der Waals surface area contributed by atoms with Gasteiger partial charge >= 0.3 is 0 Å². The molecule has 0 radical (unpaired) electrons. The summed E-state index contributed by atoms with van der Waals surface area (Å²) in [6, 6.07) is -0.595. The van der Waals surface area contributed by atoms with Crippen molar-refractivity contribution in [2.24, 2.45) is 11.8 Å². The predicted molar refractivity (Wildman–Crippen MR) is 87.5 cm³/mol. The first-order chi connectivity index (χ1) is 11.0. The SMILES string of the molecule is CC(C(=O)N(C)C1CCNC1)N1C(=O)C2C3CCC(O3)C2C1=O.Cl. The molecular weight excluding hydrogens is 334 g/mol. The van der Waals surface area contributed by atoms with Crippen LogP contribution >= 0.6 is 12.4 Å². The van der Waals surface area contributed by atoms with Crippen molar-refractivity contribution in [2.45, 2.75) is 50.5 Å². The molecule has 24 heavy (non-hydrogen) atoms. The van der Waals surface area contributed by atoms with Crippen molar-refractivity contribution in [3.63, 3.8) is 0 Å². The second-order valence-electron chi connectivity index (χ2n) is 7.16. The average molecular weight is 358 g/mol. The third-order valence-electron chi connectivity index (χ3n) is 5.99. The summed E-state index contributed by atoms with van der Waals surface area (Å²) in [6.07, 6.45) is 2.32. The highest BCUT2D eigenvalue weighted by molar-refractivity contribution is 6.09. The van der Waals surface area contributed by atoms with E-state index in [0.29, 0.717) is 0 Å². The van der Waals surface area contributed by atoms with Crippen molar-refractivity contribution in [2.75, 3.05) is 20.1 Å². The molecule has 0 spiro atoms. The van der Waals surface area contributed by atoms with Crippen LogP contribution in [0.2, 0.25) is 0 Å². The van der Waals surface area contributed by atoms with Crippen molar-refractivity contribution in [1.29, 1.82) is 0 Å². The van der Waals surface area contributed by atoms with Crippen LogP contribution in [-0.4, -0.2) is 72.0 Å². The molecule has 0 aliphatic carbocycles. The quantitative estimate of drug-likeness (QED) is 0.706. The lowest BCUT2D eigenvalue weighted by molar-refractivity contribution is -0.153. The van der Waals surface area contributed by atoms with Crippen molar-refractivity contribution in [1.82, 2.24) is 15.1 Å². The third kappa shape index (κ3) is 2.36. The van der Waals surface area contributed by atoms with Crippen LogP contribution in [0.15, 0.2) is 0 Å². The normalized spacial score (nSPS) is 38.2. The minimum absolute atomic E-state index is 0. The van der Waals surface area contributed by atoms with E-state index < -0.39 is 6.04 Å². The number of hydrogen-bond acceptors (Lipinski definition) is 5. The topological polar surface area (TPSA) is 79.0 Å². The largest absolute Gasteiger partial charge is 0.373 e. The molecule has 6 unspecified atom stereocenters. The van der Waals surface area contributed by atoms with E-state index in [2.05, 4.69) is 5.32 Å². The second kappa shape index (κ2) is 6.28. The highest BCUT2D eigenvalue weighted by Gasteiger charge is 2.63. The van der Waals surface area contributed by atoms with Crippen LogP contribution < -0.4 is 5.32 Å². The number of imide groups is 1. The van der Waals surface area contributed by atoms with E-state index in [0.717, 1.165) is 32.4 Å². The number of likely N-dealkylation sites (tertiary alicyclic amines) is 1. The van der Waals surface area contributed by atoms with Crippen LogP contribution in [0.5, 0.6) is 0 Å². The van der Waals surface area contributed by atoms with Crippen molar-refractivity contribution < 1.29 is 19.1 Å². The summed E-state index contributed by atoms with van der Waals surface area (Å²) in [6.45, 7) is 3.32. The fraction of sp³-hybridized carbons (Fsp3) is 0.812. The van der Waals surface area contributed by atoms with E-state index in [-0.39, 0.29) is 60.2 Å². The Bertz CT molecular complexity index is 538. The Balaban J connectivity index is 0.00000169. The Hall–Kier alpha value is -1.18. The predicted octanol–water partition coefficient (Wildman–Crippen LogP) is -0.221. The van der Waals surface area contributed by atoms with Gasteiger partial charge in [-0.15, -0.1) is 12.4 Å². The Morgan fingerprint density at radius 2 is 1.79 bits per heavy atom. The van der Waals surface area contributed by atoms with Crippen LogP contribution in [0.25, 0.3) is 0 Å². The van der Waals surface area contributed by atoms with E-state index in [4.69, 9.17) is 4.74 Å². The lowest BCUT2D eigenvalue weighted by Crippen LogP contribution is -2.52. The molecule has 0 aromatic heterocycles. The zero-order chi connectivity index (χ0) is 16.3. The summed E-state index contributed by atoms with van der Waals surface area (Å²) in [4.78, 5) is 41.1. The summed E-state index contributed by atoms with van der Waals surface area (Å²) in [7, 11) is 1.76. The Labute approximate surface area is 147 Å². The fourth-order valence-corrected chi connectivity index (χ4v) is 4.67. The van der Waals surface area contributed by atoms with E-state index in [9.17, 15) is 14.4 Å². The molecular formula is C16H24ClN3O4. The van der Waals surface area contributed by atoms with Crippen LogP contribution in [-0.2, 0) is 19.1 Å². The molecule has 134 valence electrons. The Kier molecular flexibility index (Phi) is 4.61. The fourth-order valence-electron chi connectivity index (χ4n) is 4.67. The molecule has 7 nitrogen and oxygen atoms in total. The van der Waals surface area contributed by atoms with Gasteiger partial charge in [-0.3, -0.25) is 19.3 Å². The minimum Gasteiger partial charge on any atom is -0.373 e. The van der Waals surface area contributed by atoms with Crippen LogP contribution in [0.3, 0.4) is 0 Å². The van der Waals surface area contributed by atoms with Crippen LogP contribution in [0.4, 0.5) is 0 Å². The summed E-state index contributed by atoms with van der Waals surface area (Å²) in [5, 5.41) is 3.23. The molecule has 0 aromatic rings. The van der Waals surface area contributed by atoms with E-state index in [1.807, 2.05) is 0 Å². The highest BCUT2D eigenvalue weighted by Crippen LogP contribution is 2.48. The Morgan fingerprint density at radius 3 is 2.29 bits per heavy atom. The van der Waals surface area contributed by atoms with E-state index >= 15 is 0 Å². The number of hydrogen-bond donors (Lipinski definition) is 1. The standard InChI is InChI=1S/C16H23N3O4.ClH/c1-8(14(20)18(2)9-5-6-17-7-9)19-15(21)12-10-3-4-11(23-10)13(12)16(19)22;/h8-13,17H,3-7H2,1-2H3;1H. The van der Waals surface area contributed by atoms with Gasteiger partial charge < -0.3 is 15.0 Å². The van der Waals surface area contributed by atoms with Gasteiger partial charge in [-0.25, -0.2) is 0 Å². The maximum atomic E-state index is 12.7. The number of amides is 3. The molecule has 4 fully saturated rings. The first-order valence-corrected chi connectivity index (χ1v) is 8.50. The smallest absolute Gasteiger partial charge is 0.245 e. The van der Waals surface area contributed by atoms with Gasteiger partial charge in [-0.1, -0.05) is 0 Å². The first kappa shape index (κ1) is 17.6. The molecule has 4 saturated heterocycles. The number of likely N-dealkylation sites (N-methyl/N-ethyl adjacent to an activating group) is 1. The lowest BCUT2D eigenvalue weighted by Gasteiger charge is -2.31. The van der Waals surface area contributed by atoms with Crippen molar-refractivity contribution in [3.8, 4) is 0 Å². The molecule has 1 N–H and O–H groups in total. The summed E-state index contributed by atoms with van der Waals surface area (Å²) < 4.78 is 5.73. The van der Waals surface area contributed by atoms with Gasteiger partial charge in [0, 0.05) is 19.6 Å². The number of nitrogens with zero attached hydrogens (tertiary/aromatic N) is 2. The molecule has 3 amide bonds. The molecule has 4 heterocycles. The molecule has 4 aliphatic heterocycles. The molecule has 0 aromatic carbocycles. The van der Waals surface area contributed by atoms with Crippen LogP contribution in [0.1, 0.15) is 26.2 Å². The van der Waals surface area contributed by atoms with Crippen molar-refractivity contribution >= 4 is 30.1 Å². The number of carbonyl (C=O) groups excluding carboxylic acids is 3. The maximum Gasteiger partial charge on any atom is 0.245 e. The van der Waals surface area contributed by atoms with E-state index in [1.165, 1.54) is 4.90 Å². The third-order valence-corrected chi connectivity index (χ3v) is 5.99. The molecule has 4 aliphatic rings.